The summed E-state index contributed by atoms with van der Waals surface area (Å²) in [6.45, 7) is 6.40. The highest BCUT2D eigenvalue weighted by molar-refractivity contribution is 6.33. The predicted molar refractivity (Wildman–Crippen MR) is 75.8 cm³/mol. The fourth-order valence-electron chi connectivity index (χ4n) is 2.63. The number of ether oxygens (including phenoxy) is 2. The van der Waals surface area contributed by atoms with E-state index in [1.165, 1.54) is 0 Å². The number of likely N-dealkylation sites (tertiary alicyclic amines) is 1. The second-order valence-corrected chi connectivity index (χ2v) is 6.53. The number of halogens is 1. The zero-order chi connectivity index (χ0) is 14.4. The maximum Gasteiger partial charge on any atom is 0.255 e. The summed E-state index contributed by atoms with van der Waals surface area (Å²) in [5.41, 5.74) is 0.508. The van der Waals surface area contributed by atoms with E-state index in [9.17, 15) is 4.79 Å². The van der Waals surface area contributed by atoms with E-state index in [2.05, 4.69) is 0 Å². The molecule has 0 saturated carbocycles. The monoisotopic (exact) mass is 295 g/mol. The molecule has 2 saturated heterocycles. The van der Waals surface area contributed by atoms with Crippen LogP contribution in [0.25, 0.3) is 0 Å². The lowest BCUT2D eigenvalue weighted by Gasteiger charge is -2.54. The molecule has 1 aromatic carbocycles. The molecule has 1 aromatic rings. The lowest BCUT2D eigenvalue weighted by Crippen LogP contribution is -2.65. The van der Waals surface area contributed by atoms with Crippen LogP contribution in [0.15, 0.2) is 24.3 Å². The molecule has 2 heterocycles. The van der Waals surface area contributed by atoms with Gasteiger partial charge in [-0.25, -0.2) is 0 Å². The third-order valence-corrected chi connectivity index (χ3v) is 4.23. The van der Waals surface area contributed by atoms with Crippen molar-refractivity contribution in [1.29, 1.82) is 0 Å². The van der Waals surface area contributed by atoms with Crippen LogP contribution in [0.3, 0.4) is 0 Å². The maximum absolute atomic E-state index is 12.4. The molecule has 3 rings (SSSR count). The Morgan fingerprint density at radius 2 is 1.80 bits per heavy atom. The molecule has 0 aromatic heterocycles. The van der Waals surface area contributed by atoms with Gasteiger partial charge in [-0.05, 0) is 26.0 Å². The van der Waals surface area contributed by atoms with Gasteiger partial charge in [0.05, 0.1) is 29.2 Å². The number of hydrogen-bond donors (Lipinski definition) is 0. The van der Waals surface area contributed by atoms with Crippen molar-refractivity contribution >= 4 is 17.5 Å². The first-order valence-electron chi connectivity index (χ1n) is 6.73. The maximum atomic E-state index is 12.4. The van der Waals surface area contributed by atoms with Gasteiger partial charge in [-0.2, -0.15) is 0 Å². The van der Waals surface area contributed by atoms with Crippen LogP contribution in [0.1, 0.15) is 24.2 Å². The standard InChI is InChI=1S/C15H18ClNO3/c1-14(2)19-9-15(10-20-14)7-17(8-15)13(18)11-5-3-4-6-12(11)16/h3-6H,7-10H2,1-2H3. The molecule has 108 valence electrons. The van der Waals surface area contributed by atoms with Crippen LogP contribution < -0.4 is 0 Å². The van der Waals surface area contributed by atoms with Crippen LogP contribution in [0.2, 0.25) is 5.02 Å². The fourth-order valence-corrected chi connectivity index (χ4v) is 2.85. The van der Waals surface area contributed by atoms with Crippen molar-refractivity contribution in [2.45, 2.75) is 19.6 Å². The molecule has 2 fully saturated rings. The fraction of sp³-hybridized carbons (Fsp3) is 0.533. The summed E-state index contributed by atoms with van der Waals surface area (Å²) in [5.74, 6) is -0.538. The Kier molecular flexibility index (Phi) is 3.27. The predicted octanol–water partition coefficient (Wildman–Crippen LogP) is 2.57. The molecule has 5 heteroatoms. The van der Waals surface area contributed by atoms with E-state index in [1.54, 1.807) is 17.0 Å². The second kappa shape index (κ2) is 4.72. The Balaban J connectivity index is 1.64. The Labute approximate surface area is 123 Å². The van der Waals surface area contributed by atoms with E-state index < -0.39 is 5.79 Å². The molecular formula is C15H18ClNO3. The first-order chi connectivity index (χ1) is 9.41. The molecule has 0 atom stereocenters. The van der Waals surface area contributed by atoms with Crippen molar-refractivity contribution < 1.29 is 14.3 Å². The first kappa shape index (κ1) is 13.9. The number of nitrogens with zero attached hydrogens (tertiary/aromatic N) is 1. The number of benzene rings is 1. The van der Waals surface area contributed by atoms with Gasteiger partial charge in [0.2, 0.25) is 0 Å². The highest BCUT2D eigenvalue weighted by Crippen LogP contribution is 2.38. The van der Waals surface area contributed by atoms with Gasteiger partial charge in [0.1, 0.15) is 0 Å². The average molecular weight is 296 g/mol. The van der Waals surface area contributed by atoms with Crippen LogP contribution in [0.4, 0.5) is 0 Å². The smallest absolute Gasteiger partial charge is 0.255 e. The number of amides is 1. The van der Waals surface area contributed by atoms with Gasteiger partial charge in [0.15, 0.2) is 5.79 Å². The summed E-state index contributed by atoms with van der Waals surface area (Å²) < 4.78 is 11.4. The molecule has 0 bridgehead atoms. The van der Waals surface area contributed by atoms with Gasteiger partial charge in [-0.3, -0.25) is 4.79 Å². The van der Waals surface area contributed by atoms with Crippen molar-refractivity contribution in [1.82, 2.24) is 4.90 Å². The van der Waals surface area contributed by atoms with E-state index in [4.69, 9.17) is 21.1 Å². The van der Waals surface area contributed by atoms with Crippen molar-refractivity contribution in [3.8, 4) is 0 Å². The molecule has 4 nitrogen and oxygen atoms in total. The summed E-state index contributed by atoms with van der Waals surface area (Å²) in [6, 6.07) is 7.14. The molecule has 2 aliphatic heterocycles. The third-order valence-electron chi connectivity index (χ3n) is 3.90. The van der Waals surface area contributed by atoms with Crippen LogP contribution in [-0.2, 0) is 9.47 Å². The van der Waals surface area contributed by atoms with E-state index in [0.29, 0.717) is 36.9 Å². The Bertz CT molecular complexity index is 526. The molecule has 0 aliphatic carbocycles. The lowest BCUT2D eigenvalue weighted by molar-refractivity contribution is -0.301. The topological polar surface area (TPSA) is 38.8 Å². The van der Waals surface area contributed by atoms with E-state index in [1.807, 2.05) is 26.0 Å². The van der Waals surface area contributed by atoms with Crippen molar-refractivity contribution in [2.75, 3.05) is 26.3 Å². The summed E-state index contributed by atoms with van der Waals surface area (Å²) in [5, 5.41) is 0.496. The molecule has 1 amide bonds. The largest absolute Gasteiger partial charge is 0.350 e. The van der Waals surface area contributed by atoms with Crippen LogP contribution in [0.5, 0.6) is 0 Å². The van der Waals surface area contributed by atoms with E-state index in [-0.39, 0.29) is 11.3 Å². The highest BCUT2D eigenvalue weighted by Gasteiger charge is 2.50. The minimum atomic E-state index is -0.515. The zero-order valence-electron chi connectivity index (χ0n) is 11.7. The van der Waals surface area contributed by atoms with Gasteiger partial charge in [0, 0.05) is 13.1 Å². The molecule has 20 heavy (non-hydrogen) atoms. The van der Waals surface area contributed by atoms with Crippen molar-refractivity contribution in [3.05, 3.63) is 34.9 Å². The normalized spacial score (nSPS) is 23.4. The third kappa shape index (κ3) is 2.43. The van der Waals surface area contributed by atoms with Crippen LogP contribution in [-0.4, -0.2) is 42.9 Å². The molecular weight excluding hydrogens is 278 g/mol. The quantitative estimate of drug-likeness (QED) is 0.799. The average Bonchev–Trinajstić information content (AvgIpc) is 2.37. The van der Waals surface area contributed by atoms with E-state index >= 15 is 0 Å². The summed E-state index contributed by atoms with van der Waals surface area (Å²) in [6.07, 6.45) is 0. The number of hydrogen-bond acceptors (Lipinski definition) is 3. The minimum absolute atomic E-state index is 0.0222. The van der Waals surface area contributed by atoms with Gasteiger partial charge in [0.25, 0.3) is 5.91 Å². The first-order valence-corrected chi connectivity index (χ1v) is 7.10. The molecule has 0 N–H and O–H groups in total. The SMILES string of the molecule is CC1(C)OCC2(CO1)CN(C(=O)c1ccccc1Cl)C2. The lowest BCUT2D eigenvalue weighted by atomic mass is 9.80. The Morgan fingerprint density at radius 3 is 2.40 bits per heavy atom. The van der Waals surface area contributed by atoms with E-state index in [0.717, 1.165) is 0 Å². The summed E-state index contributed by atoms with van der Waals surface area (Å²) >= 11 is 6.06. The summed E-state index contributed by atoms with van der Waals surface area (Å²) in [7, 11) is 0. The zero-order valence-corrected chi connectivity index (χ0v) is 12.4. The van der Waals surface area contributed by atoms with Crippen molar-refractivity contribution in [2.24, 2.45) is 5.41 Å². The number of rotatable bonds is 1. The van der Waals surface area contributed by atoms with Gasteiger partial charge in [-0.1, -0.05) is 23.7 Å². The Hall–Kier alpha value is -1.10. The van der Waals surface area contributed by atoms with Crippen LogP contribution >= 0.6 is 11.6 Å². The molecule has 0 radical (unpaired) electrons. The van der Waals surface area contributed by atoms with Crippen molar-refractivity contribution in [3.63, 3.8) is 0 Å². The van der Waals surface area contributed by atoms with Crippen LogP contribution in [0, 0.1) is 5.41 Å². The number of carbonyl (C=O) groups is 1. The van der Waals surface area contributed by atoms with Gasteiger partial charge >= 0.3 is 0 Å². The summed E-state index contributed by atoms with van der Waals surface area (Å²) in [4.78, 5) is 14.2. The number of carbonyl (C=O) groups excluding carboxylic acids is 1. The van der Waals surface area contributed by atoms with Gasteiger partial charge in [-0.15, -0.1) is 0 Å². The molecule has 0 unspecified atom stereocenters. The second-order valence-electron chi connectivity index (χ2n) is 6.12. The highest BCUT2D eigenvalue weighted by atomic mass is 35.5. The minimum Gasteiger partial charge on any atom is -0.350 e. The molecule has 2 aliphatic rings. The van der Waals surface area contributed by atoms with Gasteiger partial charge < -0.3 is 14.4 Å². The Morgan fingerprint density at radius 1 is 1.20 bits per heavy atom. The molecule has 1 spiro atoms.